The summed E-state index contributed by atoms with van der Waals surface area (Å²) in [6.07, 6.45) is 3.52. The highest BCUT2D eigenvalue weighted by Crippen LogP contribution is 2.29. The fraction of sp³-hybridized carbons (Fsp3) is 0.667. The van der Waals surface area contributed by atoms with E-state index in [9.17, 15) is 4.79 Å². The van der Waals surface area contributed by atoms with Gasteiger partial charge in [-0.1, -0.05) is 30.6 Å². The van der Waals surface area contributed by atoms with Crippen LogP contribution in [0.1, 0.15) is 26.7 Å². The van der Waals surface area contributed by atoms with Gasteiger partial charge >= 0.3 is 0 Å². The van der Waals surface area contributed by atoms with Gasteiger partial charge in [-0.05, 0) is 31.3 Å². The summed E-state index contributed by atoms with van der Waals surface area (Å²) in [6.45, 7) is 6.80. The summed E-state index contributed by atoms with van der Waals surface area (Å²) >= 11 is 5.78. The molecule has 1 N–H and O–H groups in total. The zero-order valence-corrected chi connectivity index (χ0v) is 11.5. The average Bonchev–Trinajstić information content (AvgIpc) is 2.68. The van der Waals surface area contributed by atoms with Gasteiger partial charge in [-0.2, -0.15) is 0 Å². The van der Waals surface area contributed by atoms with Crippen molar-refractivity contribution in [2.45, 2.75) is 26.7 Å². The van der Waals surface area contributed by atoms with Gasteiger partial charge in [0.1, 0.15) is 11.3 Å². The van der Waals surface area contributed by atoms with Crippen molar-refractivity contribution in [3.8, 4) is 0 Å². The molecule has 0 atom stereocenters. The molecule has 5 nitrogen and oxygen atoms in total. The fourth-order valence-electron chi connectivity index (χ4n) is 2.00. The summed E-state index contributed by atoms with van der Waals surface area (Å²) in [5.74, 6) is 0.185. The number of hydrogen-bond donors (Lipinski definition) is 1. The third kappa shape index (κ3) is 3.46. The number of halogens is 1. The van der Waals surface area contributed by atoms with Crippen molar-refractivity contribution in [1.82, 2.24) is 10.1 Å². The standard InChI is InChI=1S/C12H18ClN3O2/c1-12(2)3-5-16(6-4-12)7-10(17)14-11-9(13)8-18-15-11/h8H,3-7H2,1-2H3,(H,14,15,17). The van der Waals surface area contributed by atoms with Gasteiger partial charge in [0.05, 0.1) is 6.54 Å². The molecule has 0 aliphatic carbocycles. The first kappa shape index (κ1) is 13.4. The first-order valence-electron chi connectivity index (χ1n) is 6.08. The molecular formula is C12H18ClN3O2. The summed E-state index contributed by atoms with van der Waals surface area (Å²) in [4.78, 5) is 13.9. The Morgan fingerprint density at radius 1 is 1.56 bits per heavy atom. The first-order chi connectivity index (χ1) is 8.46. The van der Waals surface area contributed by atoms with Gasteiger partial charge in [0, 0.05) is 0 Å². The van der Waals surface area contributed by atoms with Crippen molar-refractivity contribution in [3.05, 3.63) is 11.3 Å². The molecule has 1 fully saturated rings. The minimum atomic E-state index is -0.106. The van der Waals surface area contributed by atoms with E-state index in [-0.39, 0.29) is 5.91 Å². The number of carbonyl (C=O) groups excluding carboxylic acids is 1. The number of nitrogens with zero attached hydrogens (tertiary/aromatic N) is 2. The van der Waals surface area contributed by atoms with E-state index >= 15 is 0 Å². The molecule has 100 valence electrons. The van der Waals surface area contributed by atoms with Crippen molar-refractivity contribution in [3.63, 3.8) is 0 Å². The SMILES string of the molecule is CC1(C)CCN(CC(=O)Nc2nocc2Cl)CC1. The minimum absolute atomic E-state index is 0.106. The van der Waals surface area contributed by atoms with E-state index in [1.807, 2.05) is 0 Å². The van der Waals surface area contributed by atoms with Crippen molar-refractivity contribution in [2.24, 2.45) is 5.41 Å². The van der Waals surface area contributed by atoms with Gasteiger partial charge < -0.3 is 9.84 Å². The molecule has 0 aromatic carbocycles. The van der Waals surface area contributed by atoms with Gasteiger partial charge in [0.25, 0.3) is 0 Å². The summed E-state index contributed by atoms with van der Waals surface area (Å²) in [7, 11) is 0. The van der Waals surface area contributed by atoms with Crippen LogP contribution in [0.5, 0.6) is 0 Å². The van der Waals surface area contributed by atoms with Crippen LogP contribution in [0.3, 0.4) is 0 Å². The van der Waals surface area contributed by atoms with Crippen LogP contribution in [-0.2, 0) is 4.79 Å². The molecule has 0 bridgehead atoms. The average molecular weight is 272 g/mol. The van der Waals surface area contributed by atoms with E-state index in [0.717, 1.165) is 25.9 Å². The number of anilines is 1. The molecule has 1 aliphatic rings. The van der Waals surface area contributed by atoms with Crippen molar-refractivity contribution in [2.75, 3.05) is 25.0 Å². The second-order valence-corrected chi connectivity index (χ2v) is 5.91. The minimum Gasteiger partial charge on any atom is -0.361 e. The molecule has 1 aromatic heterocycles. The largest absolute Gasteiger partial charge is 0.361 e. The lowest BCUT2D eigenvalue weighted by Gasteiger charge is -2.36. The Morgan fingerprint density at radius 3 is 2.78 bits per heavy atom. The highest BCUT2D eigenvalue weighted by Gasteiger charge is 2.26. The molecule has 0 radical (unpaired) electrons. The van der Waals surface area contributed by atoms with Crippen molar-refractivity contribution in [1.29, 1.82) is 0 Å². The zero-order chi connectivity index (χ0) is 13.2. The highest BCUT2D eigenvalue weighted by atomic mass is 35.5. The summed E-state index contributed by atoms with van der Waals surface area (Å²) < 4.78 is 4.65. The summed E-state index contributed by atoms with van der Waals surface area (Å²) in [5.41, 5.74) is 0.391. The van der Waals surface area contributed by atoms with Gasteiger partial charge in [0.15, 0.2) is 5.82 Å². The van der Waals surface area contributed by atoms with E-state index in [1.165, 1.54) is 6.26 Å². The van der Waals surface area contributed by atoms with Crippen LogP contribution < -0.4 is 5.32 Å². The number of nitrogens with one attached hydrogen (secondary N) is 1. The Hall–Kier alpha value is -1.07. The molecular weight excluding hydrogens is 254 g/mol. The maximum absolute atomic E-state index is 11.8. The van der Waals surface area contributed by atoms with Gasteiger partial charge in [-0.3, -0.25) is 9.69 Å². The second kappa shape index (κ2) is 5.28. The number of amides is 1. The van der Waals surface area contributed by atoms with Crippen LogP contribution in [0.25, 0.3) is 0 Å². The van der Waals surface area contributed by atoms with E-state index in [4.69, 9.17) is 11.6 Å². The molecule has 18 heavy (non-hydrogen) atoms. The smallest absolute Gasteiger partial charge is 0.239 e. The quantitative estimate of drug-likeness (QED) is 0.917. The van der Waals surface area contributed by atoms with Crippen molar-refractivity contribution >= 4 is 23.3 Å². The lowest BCUT2D eigenvalue weighted by Crippen LogP contribution is -2.41. The van der Waals surface area contributed by atoms with Crippen LogP contribution >= 0.6 is 11.6 Å². The van der Waals surface area contributed by atoms with Crippen LogP contribution in [0.4, 0.5) is 5.82 Å². The Bertz CT molecular complexity index is 421. The number of piperidine rings is 1. The van der Waals surface area contributed by atoms with E-state index in [2.05, 4.69) is 33.7 Å². The normalized spacial score (nSPS) is 19.7. The third-order valence-electron chi connectivity index (χ3n) is 3.36. The van der Waals surface area contributed by atoms with Crippen LogP contribution in [0.15, 0.2) is 10.8 Å². The first-order valence-corrected chi connectivity index (χ1v) is 6.46. The molecule has 1 aromatic rings. The summed E-state index contributed by atoms with van der Waals surface area (Å²) in [6, 6.07) is 0. The number of likely N-dealkylation sites (tertiary alicyclic amines) is 1. The second-order valence-electron chi connectivity index (χ2n) is 5.50. The van der Waals surface area contributed by atoms with E-state index in [1.54, 1.807) is 0 Å². The lowest BCUT2D eigenvalue weighted by molar-refractivity contribution is -0.117. The summed E-state index contributed by atoms with van der Waals surface area (Å²) in [5, 5.41) is 6.58. The molecule has 0 saturated carbocycles. The Morgan fingerprint density at radius 2 is 2.22 bits per heavy atom. The molecule has 1 saturated heterocycles. The molecule has 6 heteroatoms. The molecule has 0 spiro atoms. The highest BCUT2D eigenvalue weighted by molar-refractivity contribution is 6.33. The number of hydrogen-bond acceptors (Lipinski definition) is 4. The maximum atomic E-state index is 11.8. The topological polar surface area (TPSA) is 58.4 Å². The molecule has 2 rings (SSSR count). The number of rotatable bonds is 3. The Kier molecular flexibility index (Phi) is 3.92. The molecule has 2 heterocycles. The fourth-order valence-corrected chi connectivity index (χ4v) is 2.12. The zero-order valence-electron chi connectivity index (χ0n) is 10.7. The van der Waals surface area contributed by atoms with Crippen LogP contribution in [-0.4, -0.2) is 35.6 Å². The van der Waals surface area contributed by atoms with Crippen LogP contribution in [0.2, 0.25) is 5.02 Å². The number of carbonyl (C=O) groups is 1. The van der Waals surface area contributed by atoms with Gasteiger partial charge in [0.2, 0.25) is 5.91 Å². The Balaban J connectivity index is 1.80. The Labute approximate surface area is 111 Å². The van der Waals surface area contributed by atoms with Gasteiger partial charge in [-0.25, -0.2) is 0 Å². The lowest BCUT2D eigenvalue weighted by atomic mass is 9.83. The molecule has 1 aliphatic heterocycles. The third-order valence-corrected chi connectivity index (χ3v) is 3.63. The van der Waals surface area contributed by atoms with Crippen LogP contribution in [0, 0.1) is 5.41 Å². The predicted octanol–water partition coefficient (Wildman–Crippen LogP) is 2.39. The molecule has 0 unspecified atom stereocenters. The van der Waals surface area contributed by atoms with Crippen molar-refractivity contribution < 1.29 is 9.32 Å². The number of aromatic nitrogens is 1. The monoisotopic (exact) mass is 271 g/mol. The predicted molar refractivity (Wildman–Crippen MR) is 69.6 cm³/mol. The molecule has 1 amide bonds. The van der Waals surface area contributed by atoms with E-state index < -0.39 is 0 Å². The maximum Gasteiger partial charge on any atom is 0.239 e. The van der Waals surface area contributed by atoms with Gasteiger partial charge in [-0.15, -0.1) is 0 Å². The van der Waals surface area contributed by atoms with E-state index in [0.29, 0.717) is 22.8 Å².